The van der Waals surface area contributed by atoms with Crippen molar-refractivity contribution in [3.63, 3.8) is 0 Å². The van der Waals surface area contributed by atoms with Crippen LogP contribution in [0.5, 0.6) is 0 Å². The van der Waals surface area contributed by atoms with Gasteiger partial charge >= 0.3 is 5.97 Å². The summed E-state index contributed by atoms with van der Waals surface area (Å²) in [6.07, 6.45) is 2.21. The number of ketones is 1. The third kappa shape index (κ3) is 5.34. The molecule has 0 aliphatic rings. The maximum Gasteiger partial charge on any atom is 0.306 e. The number of rotatable bonds is 8. The predicted molar refractivity (Wildman–Crippen MR) is 95.9 cm³/mol. The van der Waals surface area contributed by atoms with Crippen molar-refractivity contribution in [2.24, 2.45) is 5.92 Å². The molecule has 126 valence electrons. The van der Waals surface area contributed by atoms with Gasteiger partial charge in [-0.3, -0.25) is 9.59 Å². The number of esters is 1. The van der Waals surface area contributed by atoms with Crippen molar-refractivity contribution < 1.29 is 14.3 Å². The summed E-state index contributed by atoms with van der Waals surface area (Å²) in [4.78, 5) is 23.8. The number of hydrogen-bond acceptors (Lipinski definition) is 3. The second-order valence-corrected chi connectivity index (χ2v) is 6.08. The minimum Gasteiger partial charge on any atom is -0.457 e. The zero-order valence-corrected chi connectivity index (χ0v) is 14.3. The molecule has 0 bridgehead atoms. The summed E-state index contributed by atoms with van der Waals surface area (Å²) < 4.78 is 5.08. The zero-order chi connectivity index (χ0) is 17.4. The SMILES string of the molecule is CC[C@@H](C)CCC(=O)OCC(=O)c1ccc(-c2ccccc2)cc1. The van der Waals surface area contributed by atoms with E-state index >= 15 is 0 Å². The van der Waals surface area contributed by atoms with Crippen LogP contribution < -0.4 is 0 Å². The second kappa shape index (κ2) is 9.02. The monoisotopic (exact) mass is 324 g/mol. The van der Waals surface area contributed by atoms with Gasteiger partial charge in [0.05, 0.1) is 0 Å². The smallest absolute Gasteiger partial charge is 0.306 e. The quantitative estimate of drug-likeness (QED) is 0.512. The highest BCUT2D eigenvalue weighted by Crippen LogP contribution is 2.19. The molecule has 0 amide bonds. The minimum atomic E-state index is -0.301. The van der Waals surface area contributed by atoms with Crippen molar-refractivity contribution in [2.75, 3.05) is 6.61 Å². The van der Waals surface area contributed by atoms with Crippen molar-refractivity contribution in [3.8, 4) is 11.1 Å². The van der Waals surface area contributed by atoms with Gasteiger partial charge in [0, 0.05) is 12.0 Å². The molecule has 0 N–H and O–H groups in total. The van der Waals surface area contributed by atoms with E-state index in [1.807, 2.05) is 42.5 Å². The molecule has 3 heteroatoms. The summed E-state index contributed by atoms with van der Waals surface area (Å²) in [6, 6.07) is 17.3. The van der Waals surface area contributed by atoms with Crippen molar-refractivity contribution in [3.05, 3.63) is 60.2 Å². The number of hydrogen-bond donors (Lipinski definition) is 0. The van der Waals surface area contributed by atoms with Gasteiger partial charge in [0.15, 0.2) is 12.4 Å². The topological polar surface area (TPSA) is 43.4 Å². The van der Waals surface area contributed by atoms with Crippen LogP contribution in [0.1, 0.15) is 43.5 Å². The summed E-state index contributed by atoms with van der Waals surface area (Å²) in [5.41, 5.74) is 2.72. The number of carbonyl (C=O) groups is 2. The Morgan fingerprint density at radius 1 is 0.958 bits per heavy atom. The first-order valence-electron chi connectivity index (χ1n) is 8.44. The fourth-order valence-corrected chi connectivity index (χ4v) is 2.35. The molecule has 0 aliphatic carbocycles. The summed E-state index contributed by atoms with van der Waals surface area (Å²) in [6.45, 7) is 4.01. The lowest BCUT2D eigenvalue weighted by atomic mass is 10.0. The van der Waals surface area contributed by atoms with Gasteiger partial charge in [-0.25, -0.2) is 0 Å². The molecule has 0 unspecified atom stereocenters. The Morgan fingerprint density at radius 3 is 2.21 bits per heavy atom. The predicted octanol–water partition coefficient (Wildman–Crippen LogP) is 4.91. The van der Waals surface area contributed by atoms with E-state index < -0.39 is 0 Å². The van der Waals surface area contributed by atoms with Gasteiger partial charge in [-0.15, -0.1) is 0 Å². The summed E-state index contributed by atoms with van der Waals surface area (Å²) in [5, 5.41) is 0. The first-order valence-corrected chi connectivity index (χ1v) is 8.44. The molecule has 0 saturated carbocycles. The maximum atomic E-state index is 12.1. The Bertz CT molecular complexity index is 659. The number of benzene rings is 2. The lowest BCUT2D eigenvalue weighted by Crippen LogP contribution is -2.14. The molecule has 0 radical (unpaired) electrons. The molecule has 0 fully saturated rings. The van der Waals surface area contributed by atoms with Crippen LogP contribution in [-0.2, 0) is 9.53 Å². The second-order valence-electron chi connectivity index (χ2n) is 6.08. The van der Waals surface area contributed by atoms with E-state index in [9.17, 15) is 9.59 Å². The first kappa shape index (κ1) is 17.9. The molecule has 2 rings (SSSR count). The van der Waals surface area contributed by atoms with Crippen LogP contribution in [0.4, 0.5) is 0 Å². The van der Waals surface area contributed by atoms with Crippen molar-refractivity contribution in [2.45, 2.75) is 33.1 Å². The van der Waals surface area contributed by atoms with Gasteiger partial charge in [0.25, 0.3) is 0 Å². The van der Waals surface area contributed by atoms with Crippen LogP contribution in [0, 0.1) is 5.92 Å². The molecule has 3 nitrogen and oxygen atoms in total. The van der Waals surface area contributed by atoms with Crippen LogP contribution in [0.3, 0.4) is 0 Å². The van der Waals surface area contributed by atoms with E-state index in [2.05, 4.69) is 13.8 Å². The van der Waals surface area contributed by atoms with E-state index in [1.54, 1.807) is 12.1 Å². The number of carbonyl (C=O) groups excluding carboxylic acids is 2. The molecule has 0 heterocycles. The van der Waals surface area contributed by atoms with E-state index in [0.717, 1.165) is 24.0 Å². The van der Waals surface area contributed by atoms with Crippen LogP contribution in [0.25, 0.3) is 11.1 Å². The van der Waals surface area contributed by atoms with Crippen LogP contribution in [0.2, 0.25) is 0 Å². The van der Waals surface area contributed by atoms with Gasteiger partial charge in [0.1, 0.15) is 0 Å². The highest BCUT2D eigenvalue weighted by atomic mass is 16.5. The summed E-state index contributed by atoms with van der Waals surface area (Å²) in [5.74, 6) is 0.0230. The van der Waals surface area contributed by atoms with Gasteiger partial charge < -0.3 is 4.74 Å². The number of Topliss-reactive ketones (excluding diaryl/α,β-unsaturated/α-hetero) is 1. The van der Waals surface area contributed by atoms with Crippen LogP contribution in [-0.4, -0.2) is 18.4 Å². The van der Waals surface area contributed by atoms with E-state index in [1.165, 1.54) is 0 Å². The van der Waals surface area contributed by atoms with Crippen LogP contribution in [0.15, 0.2) is 54.6 Å². The van der Waals surface area contributed by atoms with E-state index in [-0.39, 0.29) is 18.4 Å². The van der Waals surface area contributed by atoms with Gasteiger partial charge in [-0.1, -0.05) is 74.9 Å². The standard InChI is InChI=1S/C21H24O3/c1-3-16(2)9-14-21(23)24-15-20(22)19-12-10-18(11-13-19)17-7-5-4-6-8-17/h4-8,10-13,16H,3,9,14-15H2,1-2H3/t16-/m1/s1. The van der Waals surface area contributed by atoms with Crippen molar-refractivity contribution in [1.82, 2.24) is 0 Å². The lowest BCUT2D eigenvalue weighted by Gasteiger charge is -2.08. The molecule has 0 aliphatic heterocycles. The van der Waals surface area contributed by atoms with Gasteiger partial charge in [-0.2, -0.15) is 0 Å². The number of ether oxygens (including phenoxy) is 1. The van der Waals surface area contributed by atoms with Crippen LogP contribution >= 0.6 is 0 Å². The molecule has 1 atom stereocenters. The maximum absolute atomic E-state index is 12.1. The summed E-state index contributed by atoms with van der Waals surface area (Å²) in [7, 11) is 0. The molecular weight excluding hydrogens is 300 g/mol. The van der Waals surface area contributed by atoms with E-state index in [4.69, 9.17) is 4.74 Å². The van der Waals surface area contributed by atoms with Crippen molar-refractivity contribution in [1.29, 1.82) is 0 Å². The van der Waals surface area contributed by atoms with Gasteiger partial charge in [-0.05, 0) is 23.5 Å². The molecule has 2 aromatic rings. The normalized spacial score (nSPS) is 11.8. The average Bonchev–Trinajstić information content (AvgIpc) is 2.64. The molecule has 0 spiro atoms. The Hall–Kier alpha value is -2.42. The molecule has 24 heavy (non-hydrogen) atoms. The van der Waals surface area contributed by atoms with Crippen molar-refractivity contribution >= 4 is 11.8 Å². The average molecular weight is 324 g/mol. The fraction of sp³-hybridized carbons (Fsp3) is 0.333. The van der Waals surface area contributed by atoms with E-state index in [0.29, 0.717) is 17.9 Å². The Kier molecular flexibility index (Phi) is 6.74. The highest BCUT2D eigenvalue weighted by Gasteiger charge is 2.11. The molecule has 0 aromatic heterocycles. The lowest BCUT2D eigenvalue weighted by molar-refractivity contribution is -0.142. The highest BCUT2D eigenvalue weighted by molar-refractivity contribution is 5.98. The van der Waals surface area contributed by atoms with Gasteiger partial charge in [0.2, 0.25) is 0 Å². The summed E-state index contributed by atoms with van der Waals surface area (Å²) >= 11 is 0. The molecular formula is C21H24O3. The Balaban J connectivity index is 1.86. The minimum absolute atomic E-state index is 0.175. The fourth-order valence-electron chi connectivity index (χ4n) is 2.35. The Labute approximate surface area is 143 Å². The zero-order valence-electron chi connectivity index (χ0n) is 14.3. The third-order valence-corrected chi connectivity index (χ3v) is 4.22. The first-order chi connectivity index (χ1) is 11.6. The Morgan fingerprint density at radius 2 is 1.58 bits per heavy atom. The largest absolute Gasteiger partial charge is 0.457 e. The third-order valence-electron chi connectivity index (χ3n) is 4.22. The molecule has 2 aromatic carbocycles. The molecule has 0 saturated heterocycles.